The van der Waals surface area contributed by atoms with E-state index in [0.29, 0.717) is 17.2 Å². The van der Waals surface area contributed by atoms with Crippen LogP contribution in [0.25, 0.3) is 0 Å². The Kier molecular flexibility index (Phi) is 4.80. The van der Waals surface area contributed by atoms with Crippen LogP contribution in [0.3, 0.4) is 0 Å². The molecule has 6 nitrogen and oxygen atoms in total. The predicted molar refractivity (Wildman–Crippen MR) is 81.5 cm³/mol. The van der Waals surface area contributed by atoms with E-state index in [0.717, 1.165) is 6.42 Å². The Balaban J connectivity index is 1.96. The Hall–Kier alpha value is -2.37. The summed E-state index contributed by atoms with van der Waals surface area (Å²) in [6, 6.07) is 6.16. The molecule has 0 bridgehead atoms. The molecule has 1 aromatic carbocycles. The molecule has 22 heavy (non-hydrogen) atoms. The Labute approximate surface area is 128 Å². The van der Waals surface area contributed by atoms with E-state index < -0.39 is 12.0 Å². The van der Waals surface area contributed by atoms with Gasteiger partial charge in [-0.15, -0.1) is 0 Å². The van der Waals surface area contributed by atoms with E-state index in [9.17, 15) is 14.4 Å². The van der Waals surface area contributed by atoms with E-state index in [1.807, 2.05) is 6.92 Å². The zero-order valence-corrected chi connectivity index (χ0v) is 12.6. The predicted octanol–water partition coefficient (Wildman–Crippen LogP) is 1.87. The zero-order valence-electron chi connectivity index (χ0n) is 12.6. The molecular weight excluding hydrogens is 284 g/mol. The number of carbonyl (C=O) groups is 3. The number of hydrogen-bond acceptors (Lipinski definition) is 3. The molecule has 1 aliphatic rings. The van der Waals surface area contributed by atoms with Crippen molar-refractivity contribution >= 4 is 23.5 Å². The molecule has 1 saturated carbocycles. The highest BCUT2D eigenvalue weighted by molar-refractivity contribution is 5.98. The molecule has 1 aliphatic carbocycles. The lowest BCUT2D eigenvalue weighted by Gasteiger charge is -2.12. The minimum Gasteiger partial charge on any atom is -0.481 e. The van der Waals surface area contributed by atoms with Gasteiger partial charge < -0.3 is 15.7 Å². The second-order valence-corrected chi connectivity index (χ2v) is 5.86. The van der Waals surface area contributed by atoms with Gasteiger partial charge in [-0.2, -0.15) is 0 Å². The lowest BCUT2D eigenvalue weighted by Crippen LogP contribution is -2.34. The average Bonchev–Trinajstić information content (AvgIpc) is 3.15. The van der Waals surface area contributed by atoms with Crippen LogP contribution >= 0.6 is 0 Å². The minimum absolute atomic E-state index is 0.0238. The summed E-state index contributed by atoms with van der Waals surface area (Å²) in [5.41, 5.74) is 0.960. The molecule has 3 atom stereocenters. The standard InChI is InChI=1S/C16H20N2O4/c1-9-6-13(9)16(22)18-12-5-3-4-11(8-12)15(21)17-10(2)7-14(19)20/h3-5,8-10,13H,6-7H2,1-2H3,(H,17,21)(H,18,22)(H,19,20). The number of anilines is 1. The van der Waals surface area contributed by atoms with E-state index in [1.54, 1.807) is 31.2 Å². The normalized spacial score (nSPS) is 20.8. The third kappa shape index (κ3) is 4.31. The fourth-order valence-corrected chi connectivity index (χ4v) is 2.28. The molecule has 3 unspecified atom stereocenters. The van der Waals surface area contributed by atoms with Crippen LogP contribution in [0, 0.1) is 11.8 Å². The van der Waals surface area contributed by atoms with Crippen molar-refractivity contribution in [3.05, 3.63) is 29.8 Å². The van der Waals surface area contributed by atoms with Crippen LogP contribution in [0.1, 0.15) is 37.0 Å². The lowest BCUT2D eigenvalue weighted by atomic mass is 10.1. The molecule has 0 aromatic heterocycles. The maximum absolute atomic E-state index is 12.1. The number of carboxylic acid groups (broad SMARTS) is 1. The summed E-state index contributed by atoms with van der Waals surface area (Å²) < 4.78 is 0. The maximum Gasteiger partial charge on any atom is 0.305 e. The van der Waals surface area contributed by atoms with Crippen LogP contribution < -0.4 is 10.6 Å². The first-order valence-electron chi connectivity index (χ1n) is 7.30. The zero-order chi connectivity index (χ0) is 16.3. The van der Waals surface area contributed by atoms with Crippen LogP contribution in [-0.2, 0) is 9.59 Å². The van der Waals surface area contributed by atoms with Crippen LogP contribution in [-0.4, -0.2) is 28.9 Å². The van der Waals surface area contributed by atoms with Crippen LogP contribution in [0.15, 0.2) is 24.3 Å². The molecule has 118 valence electrons. The Morgan fingerprint density at radius 1 is 1.36 bits per heavy atom. The van der Waals surface area contributed by atoms with Crippen molar-refractivity contribution in [1.82, 2.24) is 5.32 Å². The monoisotopic (exact) mass is 304 g/mol. The molecule has 0 saturated heterocycles. The van der Waals surface area contributed by atoms with Crippen LogP contribution in [0.2, 0.25) is 0 Å². The number of rotatable bonds is 6. The van der Waals surface area contributed by atoms with Crippen molar-refractivity contribution in [2.24, 2.45) is 11.8 Å². The highest BCUT2D eigenvalue weighted by Gasteiger charge is 2.39. The van der Waals surface area contributed by atoms with Crippen molar-refractivity contribution in [1.29, 1.82) is 0 Å². The summed E-state index contributed by atoms with van der Waals surface area (Å²) in [5.74, 6) is -0.863. The van der Waals surface area contributed by atoms with E-state index in [2.05, 4.69) is 10.6 Å². The SMILES string of the molecule is CC(CC(=O)O)NC(=O)c1cccc(NC(=O)C2CC2C)c1. The molecule has 2 amide bonds. The number of nitrogens with one attached hydrogen (secondary N) is 2. The number of aliphatic carboxylic acids is 1. The van der Waals surface area contributed by atoms with Gasteiger partial charge in [0, 0.05) is 23.2 Å². The Bertz CT molecular complexity index is 600. The number of carbonyl (C=O) groups excluding carboxylic acids is 2. The van der Waals surface area contributed by atoms with Gasteiger partial charge in [0.05, 0.1) is 6.42 Å². The van der Waals surface area contributed by atoms with Gasteiger partial charge in [-0.1, -0.05) is 13.0 Å². The summed E-state index contributed by atoms with van der Waals surface area (Å²) >= 11 is 0. The Morgan fingerprint density at radius 2 is 2.05 bits per heavy atom. The van der Waals surface area contributed by atoms with E-state index in [1.165, 1.54) is 0 Å². The summed E-state index contributed by atoms with van der Waals surface area (Å²) in [5, 5.41) is 14.1. The largest absolute Gasteiger partial charge is 0.481 e. The van der Waals surface area contributed by atoms with Gasteiger partial charge in [-0.3, -0.25) is 14.4 Å². The quantitative estimate of drug-likeness (QED) is 0.747. The molecular formula is C16H20N2O4. The van der Waals surface area contributed by atoms with Crippen molar-refractivity contribution in [3.63, 3.8) is 0 Å². The molecule has 0 radical (unpaired) electrons. The lowest BCUT2D eigenvalue weighted by molar-refractivity contribution is -0.137. The van der Waals surface area contributed by atoms with Gasteiger partial charge in [-0.25, -0.2) is 0 Å². The second kappa shape index (κ2) is 6.60. The fourth-order valence-electron chi connectivity index (χ4n) is 2.28. The van der Waals surface area contributed by atoms with Gasteiger partial charge in [0.15, 0.2) is 0 Å². The summed E-state index contributed by atoms with van der Waals surface area (Å²) in [7, 11) is 0. The van der Waals surface area contributed by atoms with Gasteiger partial charge in [-0.05, 0) is 37.5 Å². The molecule has 3 N–H and O–H groups in total. The molecule has 2 rings (SSSR count). The average molecular weight is 304 g/mol. The van der Waals surface area contributed by atoms with Gasteiger partial charge >= 0.3 is 5.97 Å². The fraction of sp³-hybridized carbons (Fsp3) is 0.438. The van der Waals surface area contributed by atoms with E-state index in [-0.39, 0.29) is 24.2 Å². The van der Waals surface area contributed by atoms with Crippen molar-refractivity contribution in [3.8, 4) is 0 Å². The highest BCUT2D eigenvalue weighted by Crippen LogP contribution is 2.38. The van der Waals surface area contributed by atoms with Crippen LogP contribution in [0.4, 0.5) is 5.69 Å². The second-order valence-electron chi connectivity index (χ2n) is 5.86. The maximum atomic E-state index is 12.1. The first kappa shape index (κ1) is 16.0. The van der Waals surface area contributed by atoms with Crippen molar-refractivity contribution < 1.29 is 19.5 Å². The number of carboxylic acids is 1. The third-order valence-corrected chi connectivity index (χ3v) is 3.70. The first-order chi connectivity index (χ1) is 10.4. The summed E-state index contributed by atoms with van der Waals surface area (Å²) in [4.78, 5) is 34.5. The molecule has 0 spiro atoms. The molecule has 6 heteroatoms. The highest BCUT2D eigenvalue weighted by atomic mass is 16.4. The molecule has 1 fully saturated rings. The smallest absolute Gasteiger partial charge is 0.305 e. The number of hydrogen-bond donors (Lipinski definition) is 3. The van der Waals surface area contributed by atoms with Gasteiger partial charge in [0.2, 0.25) is 5.91 Å². The molecule has 0 aliphatic heterocycles. The first-order valence-corrected chi connectivity index (χ1v) is 7.30. The minimum atomic E-state index is -0.965. The van der Waals surface area contributed by atoms with Gasteiger partial charge in [0.1, 0.15) is 0 Å². The van der Waals surface area contributed by atoms with Crippen LogP contribution in [0.5, 0.6) is 0 Å². The van der Waals surface area contributed by atoms with Crippen molar-refractivity contribution in [2.45, 2.75) is 32.7 Å². The molecule has 1 aromatic rings. The Morgan fingerprint density at radius 3 is 2.64 bits per heavy atom. The van der Waals surface area contributed by atoms with E-state index in [4.69, 9.17) is 5.11 Å². The topological polar surface area (TPSA) is 95.5 Å². The summed E-state index contributed by atoms with van der Waals surface area (Å²) in [6.45, 7) is 3.66. The van der Waals surface area contributed by atoms with E-state index >= 15 is 0 Å². The van der Waals surface area contributed by atoms with Crippen molar-refractivity contribution in [2.75, 3.05) is 5.32 Å². The number of benzene rings is 1. The number of amides is 2. The van der Waals surface area contributed by atoms with Gasteiger partial charge in [0.25, 0.3) is 5.91 Å². The molecule has 0 heterocycles. The third-order valence-electron chi connectivity index (χ3n) is 3.70. The summed E-state index contributed by atoms with van der Waals surface area (Å²) in [6.07, 6.45) is 0.764.